The van der Waals surface area contributed by atoms with Crippen LogP contribution < -0.4 is 15.2 Å². The molecule has 1 aromatic rings. The van der Waals surface area contributed by atoms with Gasteiger partial charge >= 0.3 is 0 Å². The van der Waals surface area contributed by atoms with Gasteiger partial charge in [0.05, 0.1) is 6.61 Å². The summed E-state index contributed by atoms with van der Waals surface area (Å²) >= 11 is 0. The first-order valence-corrected chi connectivity index (χ1v) is 6.98. The fourth-order valence-electron chi connectivity index (χ4n) is 2.49. The molecule has 1 unspecified atom stereocenters. The summed E-state index contributed by atoms with van der Waals surface area (Å²) < 4.78 is 11.6. The Balaban J connectivity index is 2.23. The topological polar surface area (TPSA) is 47.7 Å². The van der Waals surface area contributed by atoms with Crippen LogP contribution in [0, 0.1) is 0 Å². The molecule has 1 aromatic carbocycles. The SMILES string of the molecule is CCOc1cc2c(cc1CN(C)CCN)OC(C)C2. The minimum atomic E-state index is 0.265. The fourth-order valence-corrected chi connectivity index (χ4v) is 2.49. The van der Waals surface area contributed by atoms with Crippen LogP contribution in [0.4, 0.5) is 0 Å². The van der Waals surface area contributed by atoms with E-state index in [-0.39, 0.29) is 6.10 Å². The van der Waals surface area contributed by atoms with Crippen molar-refractivity contribution in [2.24, 2.45) is 5.73 Å². The van der Waals surface area contributed by atoms with Crippen LogP contribution in [0.3, 0.4) is 0 Å². The van der Waals surface area contributed by atoms with Crippen molar-refractivity contribution < 1.29 is 9.47 Å². The first-order chi connectivity index (χ1) is 9.13. The van der Waals surface area contributed by atoms with Gasteiger partial charge in [-0.2, -0.15) is 0 Å². The average molecular weight is 264 g/mol. The number of fused-ring (bicyclic) bond motifs is 1. The Kier molecular flexibility index (Phi) is 4.66. The zero-order chi connectivity index (χ0) is 13.8. The molecule has 106 valence electrons. The Morgan fingerprint density at radius 2 is 2.26 bits per heavy atom. The second-order valence-electron chi connectivity index (χ2n) is 5.16. The van der Waals surface area contributed by atoms with Crippen LogP contribution in [0.5, 0.6) is 11.5 Å². The number of nitrogens with zero attached hydrogens (tertiary/aromatic N) is 1. The highest BCUT2D eigenvalue weighted by molar-refractivity contribution is 5.48. The highest BCUT2D eigenvalue weighted by Crippen LogP contribution is 2.35. The molecule has 1 aliphatic heterocycles. The monoisotopic (exact) mass is 264 g/mol. The van der Waals surface area contributed by atoms with Crippen LogP contribution in [0.1, 0.15) is 25.0 Å². The van der Waals surface area contributed by atoms with E-state index in [1.54, 1.807) is 0 Å². The lowest BCUT2D eigenvalue weighted by Crippen LogP contribution is -2.25. The molecule has 2 N–H and O–H groups in total. The van der Waals surface area contributed by atoms with Gasteiger partial charge in [-0.15, -0.1) is 0 Å². The fraction of sp³-hybridized carbons (Fsp3) is 0.600. The van der Waals surface area contributed by atoms with Gasteiger partial charge in [-0.05, 0) is 33.0 Å². The Bertz CT molecular complexity index is 434. The van der Waals surface area contributed by atoms with E-state index in [2.05, 4.69) is 31.0 Å². The molecule has 0 aliphatic carbocycles. The van der Waals surface area contributed by atoms with Crippen molar-refractivity contribution in [1.29, 1.82) is 0 Å². The molecule has 0 bridgehead atoms. The molecular weight excluding hydrogens is 240 g/mol. The van der Waals surface area contributed by atoms with Gasteiger partial charge in [0.25, 0.3) is 0 Å². The predicted molar refractivity (Wildman–Crippen MR) is 76.8 cm³/mol. The van der Waals surface area contributed by atoms with E-state index in [0.29, 0.717) is 13.2 Å². The Morgan fingerprint density at radius 3 is 2.95 bits per heavy atom. The van der Waals surface area contributed by atoms with Crippen LogP contribution in [-0.4, -0.2) is 37.7 Å². The molecule has 0 saturated carbocycles. The van der Waals surface area contributed by atoms with Crippen LogP contribution in [0.25, 0.3) is 0 Å². The quantitative estimate of drug-likeness (QED) is 0.851. The Labute approximate surface area is 115 Å². The molecule has 19 heavy (non-hydrogen) atoms. The van der Waals surface area contributed by atoms with Gasteiger partial charge < -0.3 is 20.1 Å². The normalized spacial score (nSPS) is 17.4. The van der Waals surface area contributed by atoms with Crippen molar-refractivity contribution >= 4 is 0 Å². The average Bonchev–Trinajstić information content (AvgIpc) is 2.69. The van der Waals surface area contributed by atoms with E-state index in [1.807, 2.05) is 6.92 Å². The molecule has 1 heterocycles. The maximum absolute atomic E-state index is 5.82. The Morgan fingerprint density at radius 1 is 1.47 bits per heavy atom. The van der Waals surface area contributed by atoms with E-state index < -0.39 is 0 Å². The zero-order valence-corrected chi connectivity index (χ0v) is 12.1. The summed E-state index contributed by atoms with van der Waals surface area (Å²) in [5, 5.41) is 0. The smallest absolute Gasteiger partial charge is 0.124 e. The van der Waals surface area contributed by atoms with Crippen molar-refractivity contribution in [3.8, 4) is 11.5 Å². The number of benzene rings is 1. The summed E-state index contributed by atoms with van der Waals surface area (Å²) in [6, 6.07) is 4.25. The van der Waals surface area contributed by atoms with E-state index in [4.69, 9.17) is 15.2 Å². The summed E-state index contributed by atoms with van der Waals surface area (Å²) in [5.74, 6) is 1.98. The minimum Gasteiger partial charge on any atom is -0.494 e. The number of rotatable bonds is 6. The number of hydrogen-bond acceptors (Lipinski definition) is 4. The van der Waals surface area contributed by atoms with Crippen molar-refractivity contribution in [3.63, 3.8) is 0 Å². The number of likely N-dealkylation sites (N-methyl/N-ethyl adjacent to an activating group) is 1. The minimum absolute atomic E-state index is 0.265. The third-order valence-electron chi connectivity index (χ3n) is 3.33. The van der Waals surface area contributed by atoms with E-state index in [1.165, 1.54) is 11.1 Å². The molecular formula is C15H24N2O2. The first kappa shape index (κ1) is 14.2. The molecule has 1 atom stereocenters. The zero-order valence-electron chi connectivity index (χ0n) is 12.1. The predicted octanol–water partition coefficient (Wildman–Crippen LogP) is 1.80. The molecule has 2 rings (SSSR count). The van der Waals surface area contributed by atoms with Crippen molar-refractivity contribution in [2.45, 2.75) is 32.9 Å². The lowest BCUT2D eigenvalue weighted by molar-refractivity contribution is 0.253. The van der Waals surface area contributed by atoms with E-state index in [9.17, 15) is 0 Å². The third kappa shape index (κ3) is 3.39. The van der Waals surface area contributed by atoms with Gasteiger partial charge in [-0.3, -0.25) is 0 Å². The molecule has 0 spiro atoms. The molecule has 4 heteroatoms. The first-order valence-electron chi connectivity index (χ1n) is 6.98. The second kappa shape index (κ2) is 6.26. The summed E-state index contributed by atoms with van der Waals surface area (Å²) in [4.78, 5) is 2.20. The highest BCUT2D eigenvalue weighted by atomic mass is 16.5. The molecule has 0 saturated heterocycles. The van der Waals surface area contributed by atoms with Gasteiger partial charge in [0.1, 0.15) is 17.6 Å². The second-order valence-corrected chi connectivity index (χ2v) is 5.16. The van der Waals surface area contributed by atoms with Crippen LogP contribution >= 0.6 is 0 Å². The number of ether oxygens (including phenoxy) is 2. The van der Waals surface area contributed by atoms with E-state index >= 15 is 0 Å². The molecule has 0 fully saturated rings. The summed E-state index contributed by atoms with van der Waals surface area (Å²) in [6.07, 6.45) is 1.23. The molecule has 1 aliphatic rings. The van der Waals surface area contributed by atoms with Gasteiger partial charge in [-0.1, -0.05) is 0 Å². The van der Waals surface area contributed by atoms with Gasteiger partial charge in [0.15, 0.2) is 0 Å². The summed E-state index contributed by atoms with van der Waals surface area (Å²) in [5.41, 5.74) is 8.01. The number of hydrogen-bond donors (Lipinski definition) is 1. The lowest BCUT2D eigenvalue weighted by Gasteiger charge is -2.19. The highest BCUT2D eigenvalue weighted by Gasteiger charge is 2.22. The van der Waals surface area contributed by atoms with E-state index in [0.717, 1.165) is 31.0 Å². The summed E-state index contributed by atoms with van der Waals surface area (Å²) in [7, 11) is 2.07. The van der Waals surface area contributed by atoms with Gasteiger partial charge in [0.2, 0.25) is 0 Å². The molecule has 0 aromatic heterocycles. The van der Waals surface area contributed by atoms with Crippen molar-refractivity contribution in [2.75, 3.05) is 26.7 Å². The van der Waals surface area contributed by atoms with Crippen molar-refractivity contribution in [1.82, 2.24) is 4.90 Å². The Hall–Kier alpha value is -1.26. The standard InChI is InChI=1S/C15H24N2O2/c1-4-18-14-8-12-7-11(2)19-15(12)9-13(14)10-17(3)6-5-16/h8-9,11H,4-7,10,16H2,1-3H3. The molecule has 4 nitrogen and oxygen atoms in total. The van der Waals surface area contributed by atoms with Crippen LogP contribution in [0.15, 0.2) is 12.1 Å². The molecule has 0 radical (unpaired) electrons. The maximum atomic E-state index is 5.82. The largest absolute Gasteiger partial charge is 0.494 e. The van der Waals surface area contributed by atoms with Crippen molar-refractivity contribution in [3.05, 3.63) is 23.3 Å². The van der Waals surface area contributed by atoms with Crippen LogP contribution in [0.2, 0.25) is 0 Å². The lowest BCUT2D eigenvalue weighted by atomic mass is 10.1. The molecule has 0 amide bonds. The number of nitrogens with two attached hydrogens (primary N) is 1. The maximum Gasteiger partial charge on any atom is 0.124 e. The third-order valence-corrected chi connectivity index (χ3v) is 3.33. The van der Waals surface area contributed by atoms with Gasteiger partial charge in [-0.25, -0.2) is 0 Å². The summed E-state index contributed by atoms with van der Waals surface area (Å²) in [6.45, 7) is 7.17. The van der Waals surface area contributed by atoms with Gasteiger partial charge in [0, 0.05) is 37.2 Å². The van der Waals surface area contributed by atoms with Crippen LogP contribution in [-0.2, 0) is 13.0 Å².